The molecule has 0 radical (unpaired) electrons. The highest BCUT2D eigenvalue weighted by Crippen LogP contribution is 2.29. The van der Waals surface area contributed by atoms with Crippen molar-refractivity contribution in [3.8, 4) is 22.8 Å². The lowest BCUT2D eigenvalue weighted by molar-refractivity contribution is -0.128. The topological polar surface area (TPSA) is 76.4 Å². The molecule has 0 atom stereocenters. The largest absolute Gasteiger partial charge is 0.497 e. The van der Waals surface area contributed by atoms with Gasteiger partial charge < -0.3 is 14.5 Å². The second-order valence-corrected chi connectivity index (χ2v) is 9.60. The maximum absolute atomic E-state index is 13.1. The molecule has 0 spiro atoms. The highest BCUT2D eigenvalue weighted by Gasteiger charge is 2.23. The number of carbonyl (C=O) groups excluding carboxylic acids is 1. The molecular weight excluding hydrogens is 496 g/mol. The molecule has 3 heterocycles. The van der Waals surface area contributed by atoms with Crippen LogP contribution in [0.3, 0.4) is 0 Å². The number of hydrogen-bond donors (Lipinski definition) is 0. The summed E-state index contributed by atoms with van der Waals surface area (Å²) in [6, 6.07) is 19.3. The van der Waals surface area contributed by atoms with Gasteiger partial charge in [-0.25, -0.2) is 0 Å². The molecule has 2 aromatic heterocycles. The van der Waals surface area contributed by atoms with Crippen molar-refractivity contribution in [3.63, 3.8) is 0 Å². The monoisotopic (exact) mass is 520 g/mol. The molecule has 2 aromatic carbocycles. The summed E-state index contributed by atoms with van der Waals surface area (Å²) in [4.78, 5) is 21.4. The van der Waals surface area contributed by atoms with Crippen LogP contribution in [0.4, 0.5) is 5.69 Å². The number of thioether (sulfide) groups is 1. The van der Waals surface area contributed by atoms with Crippen LogP contribution >= 0.6 is 23.4 Å². The Morgan fingerprint density at radius 1 is 1.00 bits per heavy atom. The molecule has 184 valence electrons. The van der Waals surface area contributed by atoms with E-state index in [4.69, 9.17) is 16.3 Å². The van der Waals surface area contributed by atoms with Gasteiger partial charge in [0.25, 0.3) is 0 Å². The molecule has 0 aliphatic carbocycles. The van der Waals surface area contributed by atoms with Crippen molar-refractivity contribution in [2.45, 2.75) is 5.16 Å². The molecule has 8 nitrogen and oxygen atoms in total. The van der Waals surface area contributed by atoms with Gasteiger partial charge >= 0.3 is 0 Å². The van der Waals surface area contributed by atoms with Gasteiger partial charge in [-0.15, -0.1) is 10.2 Å². The highest BCUT2D eigenvalue weighted by atomic mass is 35.5. The lowest BCUT2D eigenvalue weighted by atomic mass is 10.2. The number of methoxy groups -OCH3 is 1. The average Bonchev–Trinajstić information content (AvgIpc) is 3.36. The maximum atomic E-state index is 13.1. The zero-order valence-electron chi connectivity index (χ0n) is 19.7. The fraction of sp³-hybridized carbons (Fsp3) is 0.231. The number of benzene rings is 2. The highest BCUT2D eigenvalue weighted by molar-refractivity contribution is 7.99. The number of nitrogens with zero attached hydrogens (tertiary/aromatic N) is 6. The number of pyridine rings is 1. The summed E-state index contributed by atoms with van der Waals surface area (Å²) in [5.41, 5.74) is 2.81. The first-order valence-corrected chi connectivity index (χ1v) is 12.9. The Morgan fingerprint density at radius 3 is 2.50 bits per heavy atom. The number of anilines is 1. The van der Waals surface area contributed by atoms with E-state index in [1.165, 1.54) is 11.8 Å². The van der Waals surface area contributed by atoms with E-state index in [2.05, 4.69) is 20.1 Å². The van der Waals surface area contributed by atoms with E-state index in [1.807, 2.05) is 70.1 Å². The Labute approximate surface area is 218 Å². The van der Waals surface area contributed by atoms with Crippen molar-refractivity contribution < 1.29 is 9.53 Å². The van der Waals surface area contributed by atoms with Gasteiger partial charge in [-0.1, -0.05) is 29.4 Å². The Kier molecular flexibility index (Phi) is 7.39. The molecule has 1 aliphatic heterocycles. The van der Waals surface area contributed by atoms with E-state index in [0.717, 1.165) is 35.8 Å². The number of hydrogen-bond acceptors (Lipinski definition) is 7. The van der Waals surface area contributed by atoms with Crippen LogP contribution in [0.5, 0.6) is 5.75 Å². The van der Waals surface area contributed by atoms with E-state index in [1.54, 1.807) is 19.5 Å². The van der Waals surface area contributed by atoms with Gasteiger partial charge in [0.1, 0.15) is 5.75 Å². The smallest absolute Gasteiger partial charge is 0.233 e. The predicted octanol–water partition coefficient (Wildman–Crippen LogP) is 4.43. The third-order valence-corrected chi connectivity index (χ3v) is 7.16. The number of ether oxygens (including phenoxy) is 1. The second-order valence-electron chi connectivity index (χ2n) is 8.22. The van der Waals surface area contributed by atoms with Crippen LogP contribution < -0.4 is 9.64 Å². The minimum atomic E-state index is 0.0814. The van der Waals surface area contributed by atoms with Crippen LogP contribution in [-0.4, -0.2) is 69.6 Å². The zero-order valence-corrected chi connectivity index (χ0v) is 21.3. The molecule has 1 fully saturated rings. The third-order valence-electron chi connectivity index (χ3n) is 6.01. The summed E-state index contributed by atoms with van der Waals surface area (Å²) in [5, 5.41) is 10.2. The van der Waals surface area contributed by atoms with Gasteiger partial charge in [-0.2, -0.15) is 0 Å². The van der Waals surface area contributed by atoms with Gasteiger partial charge in [-0.3, -0.25) is 14.3 Å². The molecule has 4 aromatic rings. The molecular formula is C26H25ClN6O2S. The van der Waals surface area contributed by atoms with Crippen molar-refractivity contribution >= 4 is 35.0 Å². The molecule has 1 saturated heterocycles. The SMILES string of the molecule is COc1ccc(-n2c(SCC(=O)N3CCN(c4cccc(Cl)c4)CC3)nnc2-c2cccnc2)cc1. The summed E-state index contributed by atoms with van der Waals surface area (Å²) in [5.74, 6) is 1.78. The van der Waals surface area contributed by atoms with Gasteiger partial charge in [-0.05, 0) is 54.6 Å². The first kappa shape index (κ1) is 24.1. The third kappa shape index (κ3) is 5.32. The zero-order chi connectivity index (χ0) is 24.9. The van der Waals surface area contributed by atoms with Crippen LogP contribution in [-0.2, 0) is 4.79 Å². The van der Waals surface area contributed by atoms with Gasteiger partial charge in [0.2, 0.25) is 5.91 Å². The molecule has 0 unspecified atom stereocenters. The molecule has 1 amide bonds. The molecule has 10 heteroatoms. The van der Waals surface area contributed by atoms with Crippen LogP contribution in [0.2, 0.25) is 5.02 Å². The van der Waals surface area contributed by atoms with Crippen LogP contribution in [0, 0.1) is 0 Å². The van der Waals surface area contributed by atoms with Gasteiger partial charge in [0.05, 0.1) is 12.9 Å². The Morgan fingerprint density at radius 2 is 1.81 bits per heavy atom. The van der Waals surface area contributed by atoms with Crippen molar-refractivity contribution in [1.29, 1.82) is 0 Å². The molecule has 36 heavy (non-hydrogen) atoms. The quantitative estimate of drug-likeness (QED) is 0.333. The van der Waals surface area contributed by atoms with Crippen molar-refractivity contribution in [2.75, 3.05) is 43.9 Å². The predicted molar refractivity (Wildman–Crippen MR) is 142 cm³/mol. The molecule has 0 bridgehead atoms. The van der Waals surface area contributed by atoms with Crippen LogP contribution in [0.1, 0.15) is 0 Å². The lowest BCUT2D eigenvalue weighted by Gasteiger charge is -2.36. The minimum Gasteiger partial charge on any atom is -0.497 e. The van der Waals surface area contributed by atoms with Gasteiger partial charge in [0.15, 0.2) is 11.0 Å². The molecule has 5 rings (SSSR count). The standard InChI is InChI=1S/C26H25ClN6O2S/c1-35-23-9-7-21(8-10-23)33-25(19-4-3-11-28-17-19)29-30-26(33)36-18-24(34)32-14-12-31(13-15-32)22-6-2-5-20(27)16-22/h2-11,16-17H,12-15,18H2,1H3. The van der Waals surface area contributed by atoms with Crippen LogP contribution in [0.15, 0.2) is 78.2 Å². The number of rotatable bonds is 7. The fourth-order valence-electron chi connectivity index (χ4n) is 4.11. The Balaban J connectivity index is 1.29. The number of aromatic nitrogens is 4. The van der Waals surface area contributed by atoms with Crippen molar-refractivity contribution in [3.05, 3.63) is 78.1 Å². The van der Waals surface area contributed by atoms with E-state index in [-0.39, 0.29) is 11.7 Å². The minimum absolute atomic E-state index is 0.0814. The maximum Gasteiger partial charge on any atom is 0.233 e. The number of amides is 1. The van der Waals surface area contributed by atoms with E-state index in [0.29, 0.717) is 29.1 Å². The summed E-state index contributed by atoms with van der Waals surface area (Å²) in [6.07, 6.45) is 3.47. The van der Waals surface area contributed by atoms with E-state index < -0.39 is 0 Å². The lowest BCUT2D eigenvalue weighted by Crippen LogP contribution is -2.49. The fourth-order valence-corrected chi connectivity index (χ4v) is 5.15. The van der Waals surface area contributed by atoms with Crippen molar-refractivity contribution in [2.24, 2.45) is 0 Å². The Bertz CT molecular complexity index is 1320. The molecule has 1 aliphatic rings. The molecule has 0 N–H and O–H groups in total. The first-order chi connectivity index (χ1) is 17.6. The van der Waals surface area contributed by atoms with E-state index >= 15 is 0 Å². The van der Waals surface area contributed by atoms with Gasteiger partial charge in [0, 0.05) is 60.5 Å². The summed E-state index contributed by atoms with van der Waals surface area (Å²) >= 11 is 7.52. The van der Waals surface area contributed by atoms with E-state index in [9.17, 15) is 4.79 Å². The Hall–Kier alpha value is -3.56. The summed E-state index contributed by atoms with van der Waals surface area (Å²) < 4.78 is 7.25. The molecule has 0 saturated carbocycles. The number of carbonyl (C=O) groups is 1. The number of halogens is 1. The summed E-state index contributed by atoms with van der Waals surface area (Å²) in [6.45, 7) is 2.86. The average molecular weight is 521 g/mol. The summed E-state index contributed by atoms with van der Waals surface area (Å²) in [7, 11) is 1.64. The first-order valence-electron chi connectivity index (χ1n) is 11.5. The second kappa shape index (κ2) is 11.0. The van der Waals surface area contributed by atoms with Crippen molar-refractivity contribution in [1.82, 2.24) is 24.6 Å². The normalized spacial score (nSPS) is 13.6. The number of piperazine rings is 1. The van der Waals surface area contributed by atoms with Crippen LogP contribution in [0.25, 0.3) is 17.1 Å².